The number of esters is 1. The van der Waals surface area contributed by atoms with Crippen LogP contribution in [0.2, 0.25) is 0 Å². The van der Waals surface area contributed by atoms with Gasteiger partial charge in [-0.1, -0.05) is 0 Å². The van der Waals surface area contributed by atoms with Gasteiger partial charge in [0.1, 0.15) is 5.82 Å². The number of hydrogen-bond acceptors (Lipinski definition) is 4. The van der Waals surface area contributed by atoms with Crippen LogP contribution >= 0.6 is 0 Å². The topological polar surface area (TPSA) is 65.2 Å². The van der Waals surface area contributed by atoms with Crippen LogP contribution in [0.25, 0.3) is 0 Å². The zero-order chi connectivity index (χ0) is 11.6. The maximum atomic E-state index is 12.5. The molecule has 0 radical (unpaired) electrons. The van der Waals surface area contributed by atoms with Crippen molar-refractivity contribution in [1.82, 2.24) is 4.98 Å². The molecule has 0 bridgehead atoms. The van der Waals surface area contributed by atoms with Gasteiger partial charge in [0.15, 0.2) is 5.69 Å². The van der Waals surface area contributed by atoms with Crippen molar-refractivity contribution in [2.24, 2.45) is 0 Å². The Labute approximate surface area is 85.1 Å². The average molecular weight is 216 g/mol. The Morgan fingerprint density at radius 2 is 2.20 bits per heavy atom. The molecule has 0 aromatic carbocycles. The molecule has 1 aromatic heterocycles. The molecule has 0 fully saturated rings. The molecule has 2 N–H and O–H groups in total. The number of aromatic nitrogens is 1. The Morgan fingerprint density at radius 3 is 2.67 bits per heavy atom. The number of nitrogen functional groups attached to an aromatic ring is 1. The summed E-state index contributed by atoms with van der Waals surface area (Å²) in [5.74, 6) is -0.905. The fourth-order valence-electron chi connectivity index (χ4n) is 1.17. The SMILES string of the molecule is COC(=O)c1nc(N)cc(C(F)F)c1C. The van der Waals surface area contributed by atoms with Crippen molar-refractivity contribution in [3.63, 3.8) is 0 Å². The van der Waals surface area contributed by atoms with Gasteiger partial charge >= 0.3 is 5.97 Å². The summed E-state index contributed by atoms with van der Waals surface area (Å²) in [6.45, 7) is 1.38. The molecule has 0 saturated carbocycles. The van der Waals surface area contributed by atoms with E-state index in [1.807, 2.05) is 0 Å². The molecule has 0 unspecified atom stereocenters. The molecule has 1 aromatic rings. The second-order valence-electron chi connectivity index (χ2n) is 2.90. The molecule has 82 valence electrons. The quantitative estimate of drug-likeness (QED) is 0.764. The zero-order valence-electron chi connectivity index (χ0n) is 8.25. The first-order valence-corrected chi connectivity index (χ1v) is 4.10. The molecule has 0 aliphatic heterocycles. The monoisotopic (exact) mass is 216 g/mol. The second kappa shape index (κ2) is 4.20. The number of alkyl halides is 2. The number of halogens is 2. The van der Waals surface area contributed by atoms with Gasteiger partial charge in [-0.05, 0) is 18.6 Å². The summed E-state index contributed by atoms with van der Waals surface area (Å²) in [5.41, 5.74) is 4.92. The molecule has 6 heteroatoms. The Balaban J connectivity index is 3.34. The van der Waals surface area contributed by atoms with E-state index < -0.39 is 12.4 Å². The van der Waals surface area contributed by atoms with E-state index in [1.54, 1.807) is 0 Å². The van der Waals surface area contributed by atoms with Crippen molar-refractivity contribution in [3.05, 3.63) is 22.9 Å². The van der Waals surface area contributed by atoms with Gasteiger partial charge in [-0.15, -0.1) is 0 Å². The first-order chi connectivity index (χ1) is 6.97. The van der Waals surface area contributed by atoms with Gasteiger partial charge in [0, 0.05) is 5.56 Å². The molecular weight excluding hydrogens is 206 g/mol. The van der Waals surface area contributed by atoms with Crippen LogP contribution in [0.5, 0.6) is 0 Å². The first kappa shape index (κ1) is 11.4. The Hall–Kier alpha value is -1.72. The van der Waals surface area contributed by atoms with E-state index in [-0.39, 0.29) is 22.6 Å². The zero-order valence-corrected chi connectivity index (χ0v) is 8.25. The van der Waals surface area contributed by atoms with Gasteiger partial charge in [-0.25, -0.2) is 18.6 Å². The van der Waals surface area contributed by atoms with Gasteiger partial charge in [0.25, 0.3) is 6.43 Å². The number of carbonyl (C=O) groups is 1. The largest absolute Gasteiger partial charge is 0.464 e. The van der Waals surface area contributed by atoms with Crippen LogP contribution in [0.4, 0.5) is 14.6 Å². The fraction of sp³-hybridized carbons (Fsp3) is 0.333. The molecule has 0 atom stereocenters. The standard InChI is InChI=1S/C9H10F2N2O2/c1-4-5(8(10)11)3-6(12)13-7(4)9(14)15-2/h3,8H,1-2H3,(H2,12,13). The minimum atomic E-state index is -2.70. The molecule has 1 heterocycles. The number of hydrogen-bond donors (Lipinski definition) is 1. The van der Waals surface area contributed by atoms with Crippen molar-refractivity contribution in [3.8, 4) is 0 Å². The number of carbonyl (C=O) groups excluding carboxylic acids is 1. The van der Waals surface area contributed by atoms with Gasteiger partial charge < -0.3 is 10.5 Å². The third kappa shape index (κ3) is 2.20. The lowest BCUT2D eigenvalue weighted by atomic mass is 10.1. The summed E-state index contributed by atoms with van der Waals surface area (Å²) in [4.78, 5) is 14.8. The number of anilines is 1. The van der Waals surface area contributed by atoms with Crippen molar-refractivity contribution in [2.45, 2.75) is 13.3 Å². The number of methoxy groups -OCH3 is 1. The van der Waals surface area contributed by atoms with Gasteiger partial charge in [0.05, 0.1) is 7.11 Å². The third-order valence-electron chi connectivity index (χ3n) is 1.95. The van der Waals surface area contributed by atoms with Crippen molar-refractivity contribution < 1.29 is 18.3 Å². The molecule has 0 saturated heterocycles. The normalized spacial score (nSPS) is 10.5. The molecular formula is C9H10F2N2O2. The summed E-state index contributed by atoms with van der Waals surface area (Å²) in [5, 5.41) is 0. The molecule has 0 spiro atoms. The van der Waals surface area contributed by atoms with Gasteiger partial charge in [-0.3, -0.25) is 0 Å². The Bertz CT molecular complexity index is 394. The summed E-state index contributed by atoms with van der Waals surface area (Å²) in [6.07, 6.45) is -2.70. The highest BCUT2D eigenvalue weighted by Crippen LogP contribution is 2.25. The van der Waals surface area contributed by atoms with Gasteiger partial charge in [0.2, 0.25) is 0 Å². The van der Waals surface area contributed by atoms with Crippen LogP contribution in [-0.4, -0.2) is 18.1 Å². The predicted octanol–water partition coefficient (Wildman–Crippen LogP) is 1.70. The lowest BCUT2D eigenvalue weighted by molar-refractivity contribution is 0.0592. The van der Waals surface area contributed by atoms with E-state index in [2.05, 4.69) is 9.72 Å². The van der Waals surface area contributed by atoms with Crippen molar-refractivity contribution in [2.75, 3.05) is 12.8 Å². The van der Waals surface area contributed by atoms with E-state index in [9.17, 15) is 13.6 Å². The Kier molecular flexibility index (Phi) is 3.18. The maximum Gasteiger partial charge on any atom is 0.357 e. The molecule has 0 aliphatic carbocycles. The lowest BCUT2D eigenvalue weighted by Crippen LogP contribution is -2.11. The average Bonchev–Trinajstić information content (AvgIpc) is 2.19. The van der Waals surface area contributed by atoms with Crippen LogP contribution in [0.1, 0.15) is 28.0 Å². The van der Waals surface area contributed by atoms with E-state index in [1.165, 1.54) is 6.92 Å². The van der Waals surface area contributed by atoms with Crippen molar-refractivity contribution >= 4 is 11.8 Å². The Morgan fingerprint density at radius 1 is 1.60 bits per heavy atom. The second-order valence-corrected chi connectivity index (χ2v) is 2.90. The highest BCUT2D eigenvalue weighted by Gasteiger charge is 2.20. The first-order valence-electron chi connectivity index (χ1n) is 4.10. The lowest BCUT2D eigenvalue weighted by Gasteiger charge is -2.09. The van der Waals surface area contributed by atoms with E-state index in [0.29, 0.717) is 0 Å². The van der Waals surface area contributed by atoms with E-state index in [4.69, 9.17) is 5.73 Å². The number of ether oxygens (including phenoxy) is 1. The predicted molar refractivity (Wildman–Crippen MR) is 49.7 cm³/mol. The number of pyridine rings is 1. The number of nitrogens with two attached hydrogens (primary N) is 1. The van der Waals surface area contributed by atoms with Crippen molar-refractivity contribution in [1.29, 1.82) is 0 Å². The summed E-state index contributed by atoms with van der Waals surface area (Å²) < 4.78 is 29.4. The smallest absolute Gasteiger partial charge is 0.357 e. The summed E-state index contributed by atoms with van der Waals surface area (Å²) >= 11 is 0. The van der Waals surface area contributed by atoms with E-state index >= 15 is 0 Å². The molecule has 4 nitrogen and oxygen atoms in total. The van der Waals surface area contributed by atoms with Crippen LogP contribution in [0.3, 0.4) is 0 Å². The van der Waals surface area contributed by atoms with Crippen LogP contribution in [-0.2, 0) is 4.74 Å². The molecule has 15 heavy (non-hydrogen) atoms. The minimum absolute atomic E-state index is 0.0889. The van der Waals surface area contributed by atoms with Crippen LogP contribution in [0, 0.1) is 6.92 Å². The number of nitrogens with zero attached hydrogens (tertiary/aromatic N) is 1. The maximum absolute atomic E-state index is 12.5. The van der Waals surface area contributed by atoms with Crippen LogP contribution < -0.4 is 5.73 Å². The summed E-state index contributed by atoms with van der Waals surface area (Å²) in [7, 11) is 1.15. The van der Waals surface area contributed by atoms with Crippen LogP contribution in [0.15, 0.2) is 6.07 Å². The molecule has 1 rings (SSSR count). The number of rotatable bonds is 2. The third-order valence-corrected chi connectivity index (χ3v) is 1.95. The molecule has 0 amide bonds. The fourth-order valence-corrected chi connectivity index (χ4v) is 1.17. The minimum Gasteiger partial charge on any atom is -0.464 e. The highest BCUT2D eigenvalue weighted by atomic mass is 19.3. The van der Waals surface area contributed by atoms with Gasteiger partial charge in [-0.2, -0.15) is 0 Å². The summed E-state index contributed by atoms with van der Waals surface area (Å²) in [6, 6.07) is 1.05. The highest BCUT2D eigenvalue weighted by molar-refractivity contribution is 5.89. The molecule has 0 aliphatic rings. The van der Waals surface area contributed by atoms with E-state index in [0.717, 1.165) is 13.2 Å².